The number of morpholine rings is 1. The Bertz CT molecular complexity index is 650. The first-order chi connectivity index (χ1) is 10.6. The Morgan fingerprint density at radius 1 is 1.35 bits per heavy atom. The molecule has 1 aliphatic heterocycles. The lowest BCUT2D eigenvalue weighted by Gasteiger charge is -2.35. The lowest BCUT2D eigenvalue weighted by Crippen LogP contribution is -2.49. The van der Waals surface area contributed by atoms with Crippen molar-refractivity contribution in [3.05, 3.63) is 33.2 Å². The minimum Gasteiger partial charge on any atom is -0.372 e. The number of ether oxygens (including phenoxy) is 1. The first-order valence-corrected chi connectivity index (χ1v) is 7.36. The fraction of sp³-hybridized carbons (Fsp3) is 0.571. The van der Waals surface area contributed by atoms with E-state index >= 15 is 0 Å². The second-order valence-electron chi connectivity index (χ2n) is 5.56. The summed E-state index contributed by atoms with van der Waals surface area (Å²) in [5, 5.41) is -0.573. The van der Waals surface area contributed by atoms with Crippen molar-refractivity contribution >= 4 is 17.5 Å². The van der Waals surface area contributed by atoms with Crippen LogP contribution in [0.2, 0.25) is 5.02 Å². The van der Waals surface area contributed by atoms with Crippen LogP contribution >= 0.6 is 11.6 Å². The second kappa shape index (κ2) is 6.52. The molecule has 1 amide bonds. The number of hydrogen-bond acceptors (Lipinski definition) is 3. The summed E-state index contributed by atoms with van der Waals surface area (Å²) in [5.41, 5.74) is -1.90. The van der Waals surface area contributed by atoms with Crippen molar-refractivity contribution in [1.29, 1.82) is 0 Å². The molecule has 1 fully saturated rings. The number of alkyl halides is 3. The zero-order valence-electron chi connectivity index (χ0n) is 12.6. The molecule has 0 radical (unpaired) electrons. The molecule has 1 saturated heterocycles. The summed E-state index contributed by atoms with van der Waals surface area (Å²) in [7, 11) is 0. The zero-order chi connectivity index (χ0) is 17.4. The minimum atomic E-state index is -4.65. The van der Waals surface area contributed by atoms with E-state index < -0.39 is 34.8 Å². The van der Waals surface area contributed by atoms with Crippen LogP contribution < -0.4 is 5.56 Å². The van der Waals surface area contributed by atoms with E-state index in [1.54, 1.807) is 13.8 Å². The highest BCUT2D eigenvalue weighted by Crippen LogP contribution is 2.29. The fourth-order valence-electron chi connectivity index (χ4n) is 2.50. The summed E-state index contributed by atoms with van der Waals surface area (Å²) in [6.45, 7) is 3.74. The first-order valence-electron chi connectivity index (χ1n) is 6.98. The monoisotopic (exact) mass is 352 g/mol. The van der Waals surface area contributed by atoms with Crippen LogP contribution in [0, 0.1) is 0 Å². The molecule has 128 valence electrons. The van der Waals surface area contributed by atoms with Gasteiger partial charge in [-0.25, -0.2) is 0 Å². The Hall–Kier alpha value is -1.54. The van der Waals surface area contributed by atoms with Gasteiger partial charge in [-0.2, -0.15) is 13.2 Å². The molecule has 2 rings (SSSR count). The van der Waals surface area contributed by atoms with Crippen LogP contribution in [0.5, 0.6) is 0 Å². The lowest BCUT2D eigenvalue weighted by molar-refractivity contribution is -0.144. The van der Waals surface area contributed by atoms with Crippen LogP contribution in [-0.2, 0) is 22.3 Å². The maximum Gasteiger partial charge on any atom is 0.417 e. The van der Waals surface area contributed by atoms with Crippen molar-refractivity contribution in [2.75, 3.05) is 13.1 Å². The van der Waals surface area contributed by atoms with Crippen LogP contribution in [0.25, 0.3) is 0 Å². The van der Waals surface area contributed by atoms with Crippen molar-refractivity contribution in [2.45, 2.75) is 38.8 Å². The number of carbonyl (C=O) groups is 1. The van der Waals surface area contributed by atoms with E-state index in [4.69, 9.17) is 16.3 Å². The van der Waals surface area contributed by atoms with Gasteiger partial charge in [0.15, 0.2) is 0 Å². The van der Waals surface area contributed by atoms with E-state index in [2.05, 4.69) is 0 Å². The average molecular weight is 353 g/mol. The highest BCUT2D eigenvalue weighted by molar-refractivity contribution is 6.30. The molecule has 1 aliphatic rings. The number of halogens is 4. The topological polar surface area (TPSA) is 51.5 Å². The third kappa shape index (κ3) is 4.26. The van der Waals surface area contributed by atoms with Crippen LogP contribution in [0.4, 0.5) is 13.2 Å². The molecule has 0 saturated carbocycles. The predicted octanol–water partition coefficient (Wildman–Crippen LogP) is 2.16. The normalized spacial score (nSPS) is 22.3. The summed E-state index contributed by atoms with van der Waals surface area (Å²) in [6, 6.07) is 0.559. The maximum absolute atomic E-state index is 12.8. The van der Waals surface area contributed by atoms with Crippen LogP contribution in [0.3, 0.4) is 0 Å². The molecule has 23 heavy (non-hydrogen) atoms. The summed E-state index contributed by atoms with van der Waals surface area (Å²) in [6.07, 6.45) is -4.39. The zero-order valence-corrected chi connectivity index (χ0v) is 13.3. The fourth-order valence-corrected chi connectivity index (χ4v) is 2.73. The summed E-state index contributed by atoms with van der Waals surface area (Å²) < 4.78 is 44.5. The number of nitrogens with zero attached hydrogens (tertiary/aromatic N) is 2. The second-order valence-corrected chi connectivity index (χ2v) is 5.97. The van der Waals surface area contributed by atoms with Crippen LogP contribution in [0.15, 0.2) is 17.1 Å². The van der Waals surface area contributed by atoms with Crippen molar-refractivity contribution in [3.8, 4) is 0 Å². The molecule has 0 bridgehead atoms. The molecule has 2 heterocycles. The largest absolute Gasteiger partial charge is 0.417 e. The van der Waals surface area contributed by atoms with Gasteiger partial charge in [0, 0.05) is 19.3 Å². The predicted molar refractivity (Wildman–Crippen MR) is 77.3 cm³/mol. The number of pyridine rings is 1. The number of amides is 1. The van der Waals surface area contributed by atoms with Gasteiger partial charge in [-0.15, -0.1) is 0 Å². The Labute approximate surface area is 135 Å². The van der Waals surface area contributed by atoms with Crippen LogP contribution in [0.1, 0.15) is 19.4 Å². The Balaban J connectivity index is 2.24. The van der Waals surface area contributed by atoms with E-state index in [1.807, 2.05) is 0 Å². The third-order valence-corrected chi connectivity index (χ3v) is 3.72. The van der Waals surface area contributed by atoms with E-state index in [-0.39, 0.29) is 12.2 Å². The highest BCUT2D eigenvalue weighted by atomic mass is 35.5. The van der Waals surface area contributed by atoms with Crippen molar-refractivity contribution < 1.29 is 22.7 Å². The smallest absolute Gasteiger partial charge is 0.372 e. The lowest BCUT2D eigenvalue weighted by atomic mass is 10.2. The maximum atomic E-state index is 12.8. The third-order valence-electron chi connectivity index (χ3n) is 3.45. The molecular formula is C14H16ClF3N2O3. The Morgan fingerprint density at radius 3 is 2.43 bits per heavy atom. The molecule has 5 nitrogen and oxygen atoms in total. The van der Waals surface area contributed by atoms with Crippen molar-refractivity contribution in [1.82, 2.24) is 9.47 Å². The SMILES string of the molecule is C[C@@H]1CN(C(=O)Cn2cc(C(F)(F)F)cc(Cl)c2=O)C[C@H](C)O1. The Morgan fingerprint density at radius 2 is 1.91 bits per heavy atom. The summed E-state index contributed by atoms with van der Waals surface area (Å²) in [5.74, 6) is -0.454. The number of rotatable bonds is 2. The van der Waals surface area contributed by atoms with Gasteiger partial charge in [-0.05, 0) is 19.9 Å². The van der Waals surface area contributed by atoms with Gasteiger partial charge in [0.05, 0.1) is 17.8 Å². The molecule has 2 atom stereocenters. The van der Waals surface area contributed by atoms with Gasteiger partial charge in [0.2, 0.25) is 5.91 Å². The molecule has 0 spiro atoms. The minimum absolute atomic E-state index is 0.176. The quantitative estimate of drug-likeness (QED) is 0.819. The molecule has 1 aromatic rings. The van der Waals surface area contributed by atoms with Crippen molar-refractivity contribution in [2.24, 2.45) is 0 Å². The molecule has 0 unspecified atom stereocenters. The van der Waals surface area contributed by atoms with E-state index in [9.17, 15) is 22.8 Å². The van der Waals surface area contributed by atoms with Gasteiger partial charge in [-0.3, -0.25) is 9.59 Å². The number of hydrogen-bond donors (Lipinski definition) is 0. The average Bonchev–Trinajstić information content (AvgIpc) is 2.41. The molecule has 0 aromatic carbocycles. The highest BCUT2D eigenvalue weighted by Gasteiger charge is 2.33. The van der Waals surface area contributed by atoms with Gasteiger partial charge in [0.1, 0.15) is 11.6 Å². The first kappa shape index (κ1) is 17.8. The molecule has 0 N–H and O–H groups in total. The summed E-state index contributed by atoms with van der Waals surface area (Å²) >= 11 is 5.56. The Kier molecular flexibility index (Phi) is 5.05. The summed E-state index contributed by atoms with van der Waals surface area (Å²) in [4.78, 5) is 25.6. The molecular weight excluding hydrogens is 337 g/mol. The number of aromatic nitrogens is 1. The van der Waals surface area contributed by atoms with Crippen LogP contribution in [-0.4, -0.2) is 40.7 Å². The number of carbonyl (C=O) groups excluding carboxylic acids is 1. The van der Waals surface area contributed by atoms with Gasteiger partial charge in [0.25, 0.3) is 5.56 Å². The standard InChI is InChI=1S/C14H16ClF3N2O3/c1-8-4-19(5-9(2)23-8)12(21)7-20-6-10(14(16,17)18)3-11(15)13(20)22/h3,6,8-9H,4-5,7H2,1-2H3/t8-,9+. The van der Waals surface area contributed by atoms with E-state index in [1.165, 1.54) is 4.90 Å². The van der Waals surface area contributed by atoms with E-state index in [0.717, 1.165) is 0 Å². The van der Waals surface area contributed by atoms with E-state index in [0.29, 0.717) is 29.9 Å². The van der Waals surface area contributed by atoms with Gasteiger partial charge >= 0.3 is 6.18 Å². The van der Waals surface area contributed by atoms with Crippen molar-refractivity contribution in [3.63, 3.8) is 0 Å². The van der Waals surface area contributed by atoms with Gasteiger partial charge < -0.3 is 14.2 Å². The van der Waals surface area contributed by atoms with Gasteiger partial charge in [-0.1, -0.05) is 11.6 Å². The molecule has 1 aromatic heterocycles. The molecule has 0 aliphatic carbocycles. The molecule has 9 heteroatoms.